The van der Waals surface area contributed by atoms with Gasteiger partial charge >= 0.3 is 0 Å². The minimum Gasteiger partial charge on any atom is -0.504 e. The SMILES string of the molecule is C=CCc1ccc(O)c(OC)c1.CC=Cc1ccc(OC)c(OC)c1. The third-order valence-corrected chi connectivity index (χ3v) is 3.39. The summed E-state index contributed by atoms with van der Waals surface area (Å²) in [6.07, 6.45) is 6.60. The van der Waals surface area contributed by atoms with Gasteiger partial charge in [-0.25, -0.2) is 0 Å². The van der Waals surface area contributed by atoms with Crippen molar-refractivity contribution in [3.63, 3.8) is 0 Å². The average molecular weight is 342 g/mol. The van der Waals surface area contributed by atoms with Gasteiger partial charge in [0.25, 0.3) is 0 Å². The van der Waals surface area contributed by atoms with Crippen LogP contribution in [0.25, 0.3) is 6.08 Å². The van der Waals surface area contributed by atoms with Crippen LogP contribution in [-0.4, -0.2) is 26.4 Å². The Kier molecular flexibility index (Phi) is 8.72. The van der Waals surface area contributed by atoms with Gasteiger partial charge in [0.1, 0.15) is 0 Å². The second kappa shape index (κ2) is 10.8. The monoisotopic (exact) mass is 342 g/mol. The van der Waals surface area contributed by atoms with Gasteiger partial charge in [0, 0.05) is 0 Å². The normalized spacial score (nSPS) is 9.92. The Morgan fingerprint density at radius 2 is 1.60 bits per heavy atom. The summed E-state index contributed by atoms with van der Waals surface area (Å²) in [5.74, 6) is 2.20. The predicted octanol–water partition coefficient (Wildman–Crippen LogP) is 4.87. The van der Waals surface area contributed by atoms with Gasteiger partial charge in [0.2, 0.25) is 0 Å². The number of benzene rings is 2. The zero-order valence-corrected chi connectivity index (χ0v) is 15.3. The lowest BCUT2D eigenvalue weighted by atomic mass is 10.1. The average Bonchev–Trinajstić information content (AvgIpc) is 2.64. The van der Waals surface area contributed by atoms with Crippen molar-refractivity contribution >= 4 is 6.08 Å². The molecule has 2 aromatic rings. The standard InChI is InChI=1S/C11H14O2.C10H12O2/c1-4-5-9-6-7-10(12-2)11(8-9)13-3;1-3-4-8-5-6-9(11)10(7-8)12-2/h4-8H,1-3H3;3,5-7,11H,1,4H2,2H3. The van der Waals surface area contributed by atoms with E-state index in [-0.39, 0.29) is 5.75 Å². The summed E-state index contributed by atoms with van der Waals surface area (Å²) in [6, 6.07) is 11.1. The molecular formula is C21H26O4. The molecule has 0 saturated carbocycles. The molecule has 0 unspecified atom stereocenters. The van der Waals surface area contributed by atoms with Crippen molar-refractivity contribution < 1.29 is 19.3 Å². The number of hydrogen-bond acceptors (Lipinski definition) is 4. The van der Waals surface area contributed by atoms with Gasteiger partial charge in [0.15, 0.2) is 23.0 Å². The van der Waals surface area contributed by atoms with E-state index in [2.05, 4.69) is 6.58 Å². The molecule has 0 aliphatic rings. The van der Waals surface area contributed by atoms with Crippen molar-refractivity contribution in [3.05, 3.63) is 66.3 Å². The third kappa shape index (κ3) is 6.26. The summed E-state index contributed by atoms with van der Waals surface area (Å²) < 4.78 is 15.2. The minimum atomic E-state index is 0.172. The molecule has 0 heterocycles. The van der Waals surface area contributed by atoms with Gasteiger partial charge in [-0.15, -0.1) is 6.58 Å². The van der Waals surface area contributed by atoms with Crippen LogP contribution >= 0.6 is 0 Å². The molecule has 4 nitrogen and oxygen atoms in total. The molecule has 0 radical (unpaired) electrons. The molecule has 2 rings (SSSR count). The molecule has 0 saturated heterocycles. The highest BCUT2D eigenvalue weighted by molar-refractivity contribution is 5.55. The lowest BCUT2D eigenvalue weighted by Crippen LogP contribution is -1.90. The molecule has 25 heavy (non-hydrogen) atoms. The van der Waals surface area contributed by atoms with Crippen LogP contribution in [0.2, 0.25) is 0 Å². The van der Waals surface area contributed by atoms with Crippen molar-refractivity contribution in [2.75, 3.05) is 21.3 Å². The first-order valence-corrected chi connectivity index (χ1v) is 7.91. The number of aromatic hydroxyl groups is 1. The first-order valence-electron chi connectivity index (χ1n) is 7.91. The molecule has 0 aliphatic carbocycles. The topological polar surface area (TPSA) is 47.9 Å². The number of allylic oxidation sites excluding steroid dienone is 2. The lowest BCUT2D eigenvalue weighted by Gasteiger charge is -2.07. The van der Waals surface area contributed by atoms with Crippen molar-refractivity contribution in [3.8, 4) is 23.0 Å². The maximum absolute atomic E-state index is 9.25. The van der Waals surface area contributed by atoms with E-state index in [9.17, 15) is 5.11 Å². The maximum atomic E-state index is 9.25. The van der Waals surface area contributed by atoms with Gasteiger partial charge in [-0.1, -0.05) is 30.4 Å². The Morgan fingerprint density at radius 1 is 0.920 bits per heavy atom. The second-order valence-electron chi connectivity index (χ2n) is 5.11. The van der Waals surface area contributed by atoms with Crippen LogP contribution in [0.3, 0.4) is 0 Å². The van der Waals surface area contributed by atoms with Crippen LogP contribution in [0.5, 0.6) is 23.0 Å². The largest absolute Gasteiger partial charge is 0.504 e. The Morgan fingerprint density at radius 3 is 2.16 bits per heavy atom. The minimum absolute atomic E-state index is 0.172. The van der Waals surface area contributed by atoms with Crippen LogP contribution in [0.4, 0.5) is 0 Å². The van der Waals surface area contributed by atoms with E-state index in [1.807, 2.05) is 49.4 Å². The Hall–Kier alpha value is -2.88. The fourth-order valence-corrected chi connectivity index (χ4v) is 2.16. The van der Waals surface area contributed by atoms with Crippen molar-refractivity contribution in [1.29, 1.82) is 0 Å². The molecule has 0 aliphatic heterocycles. The maximum Gasteiger partial charge on any atom is 0.161 e. The quantitative estimate of drug-likeness (QED) is 0.761. The first kappa shape index (κ1) is 20.2. The van der Waals surface area contributed by atoms with E-state index in [4.69, 9.17) is 14.2 Å². The van der Waals surface area contributed by atoms with Crippen LogP contribution in [0, 0.1) is 0 Å². The third-order valence-electron chi connectivity index (χ3n) is 3.39. The Bertz CT molecular complexity index is 705. The van der Waals surface area contributed by atoms with Gasteiger partial charge in [-0.3, -0.25) is 0 Å². The molecule has 4 heteroatoms. The molecule has 134 valence electrons. The number of rotatable bonds is 6. The smallest absolute Gasteiger partial charge is 0.161 e. The van der Waals surface area contributed by atoms with Crippen molar-refractivity contribution in [1.82, 2.24) is 0 Å². The number of hydrogen-bond donors (Lipinski definition) is 1. The fourth-order valence-electron chi connectivity index (χ4n) is 2.16. The van der Waals surface area contributed by atoms with Gasteiger partial charge < -0.3 is 19.3 Å². The lowest BCUT2D eigenvalue weighted by molar-refractivity contribution is 0.355. The number of methoxy groups -OCH3 is 3. The molecule has 0 aromatic heterocycles. The number of ether oxygens (including phenoxy) is 3. The highest BCUT2D eigenvalue weighted by Gasteiger charge is 2.02. The Labute approximate surface area is 150 Å². The van der Waals surface area contributed by atoms with Crippen LogP contribution in [-0.2, 0) is 6.42 Å². The van der Waals surface area contributed by atoms with E-state index in [0.29, 0.717) is 5.75 Å². The molecule has 0 amide bonds. The molecule has 1 N–H and O–H groups in total. The number of phenolic OH excluding ortho intramolecular Hbond substituents is 1. The van der Waals surface area contributed by atoms with Gasteiger partial charge in [0.05, 0.1) is 21.3 Å². The molecule has 0 fully saturated rings. The highest BCUT2D eigenvalue weighted by Crippen LogP contribution is 2.28. The summed E-state index contributed by atoms with van der Waals surface area (Å²) >= 11 is 0. The van der Waals surface area contributed by atoms with E-state index in [0.717, 1.165) is 29.0 Å². The molecule has 0 spiro atoms. The molecular weight excluding hydrogens is 316 g/mol. The Balaban J connectivity index is 0.000000251. The molecule has 0 atom stereocenters. The zero-order chi connectivity index (χ0) is 18.7. The summed E-state index contributed by atoms with van der Waals surface area (Å²) in [7, 11) is 4.80. The van der Waals surface area contributed by atoms with Gasteiger partial charge in [-0.05, 0) is 48.7 Å². The first-order chi connectivity index (χ1) is 12.1. The van der Waals surface area contributed by atoms with Crippen molar-refractivity contribution in [2.45, 2.75) is 13.3 Å². The fraction of sp³-hybridized carbons (Fsp3) is 0.238. The van der Waals surface area contributed by atoms with Gasteiger partial charge in [-0.2, -0.15) is 0 Å². The van der Waals surface area contributed by atoms with Crippen LogP contribution in [0.1, 0.15) is 18.1 Å². The van der Waals surface area contributed by atoms with Crippen LogP contribution in [0.15, 0.2) is 55.1 Å². The van der Waals surface area contributed by atoms with E-state index in [1.165, 1.54) is 7.11 Å². The summed E-state index contributed by atoms with van der Waals surface area (Å²) in [6.45, 7) is 5.61. The van der Waals surface area contributed by atoms with E-state index >= 15 is 0 Å². The summed E-state index contributed by atoms with van der Waals surface area (Å²) in [4.78, 5) is 0. The van der Waals surface area contributed by atoms with Crippen molar-refractivity contribution in [2.24, 2.45) is 0 Å². The summed E-state index contributed by atoms with van der Waals surface area (Å²) in [5, 5.41) is 9.25. The highest BCUT2D eigenvalue weighted by atomic mass is 16.5. The summed E-state index contributed by atoms with van der Waals surface area (Å²) in [5.41, 5.74) is 2.19. The van der Waals surface area contributed by atoms with E-state index < -0.39 is 0 Å². The van der Waals surface area contributed by atoms with Crippen LogP contribution < -0.4 is 14.2 Å². The predicted molar refractivity (Wildman–Crippen MR) is 103 cm³/mol. The zero-order valence-electron chi connectivity index (χ0n) is 15.3. The molecule has 2 aromatic carbocycles. The molecule has 0 bridgehead atoms. The number of phenols is 1. The van der Waals surface area contributed by atoms with E-state index in [1.54, 1.807) is 26.4 Å². The second-order valence-corrected chi connectivity index (χ2v) is 5.11.